The standard InChI is InChI=1S/C8H16ClO3P/c1-5-8(4)6(2)11-13(9,10)12-7(8)3/h6-7H,5H2,1-4H3. The Balaban J connectivity index is 2.88. The van der Waals surface area contributed by atoms with Crippen LogP contribution in [0.5, 0.6) is 0 Å². The summed E-state index contributed by atoms with van der Waals surface area (Å²) in [5.41, 5.74) is -0.108. The van der Waals surface area contributed by atoms with Gasteiger partial charge in [0.2, 0.25) is 0 Å². The monoisotopic (exact) mass is 226 g/mol. The van der Waals surface area contributed by atoms with Gasteiger partial charge >= 0.3 is 6.95 Å². The second-order valence-electron chi connectivity index (χ2n) is 3.79. The topological polar surface area (TPSA) is 35.5 Å². The maximum atomic E-state index is 11.4. The Morgan fingerprint density at radius 3 is 2.08 bits per heavy atom. The van der Waals surface area contributed by atoms with Crippen LogP contribution in [-0.4, -0.2) is 12.2 Å². The van der Waals surface area contributed by atoms with E-state index in [1.807, 2.05) is 13.8 Å². The average Bonchev–Trinajstić information content (AvgIpc) is 1.98. The van der Waals surface area contributed by atoms with Gasteiger partial charge in [-0.2, -0.15) is 0 Å². The van der Waals surface area contributed by atoms with Gasteiger partial charge in [-0.1, -0.05) is 13.8 Å². The number of hydrogen-bond donors (Lipinski definition) is 0. The summed E-state index contributed by atoms with van der Waals surface area (Å²) in [7, 11) is 0. The average molecular weight is 227 g/mol. The molecule has 0 spiro atoms. The minimum atomic E-state index is -3.32. The molecular formula is C8H16ClO3P. The Morgan fingerprint density at radius 1 is 1.38 bits per heavy atom. The molecule has 1 fully saturated rings. The van der Waals surface area contributed by atoms with Gasteiger partial charge in [-0.15, -0.1) is 0 Å². The van der Waals surface area contributed by atoms with E-state index in [9.17, 15) is 4.57 Å². The first-order valence-corrected chi connectivity index (χ1v) is 6.93. The Kier molecular flexibility index (Phi) is 3.14. The van der Waals surface area contributed by atoms with Crippen molar-refractivity contribution in [3.8, 4) is 0 Å². The molecule has 1 rings (SSSR count). The fourth-order valence-electron chi connectivity index (χ4n) is 1.55. The molecule has 1 aliphatic heterocycles. The highest BCUT2D eigenvalue weighted by Crippen LogP contribution is 2.62. The lowest BCUT2D eigenvalue weighted by atomic mass is 9.78. The van der Waals surface area contributed by atoms with E-state index >= 15 is 0 Å². The maximum Gasteiger partial charge on any atom is 0.424 e. The van der Waals surface area contributed by atoms with Gasteiger partial charge < -0.3 is 0 Å². The van der Waals surface area contributed by atoms with Crippen molar-refractivity contribution in [2.24, 2.45) is 5.41 Å². The third-order valence-corrected chi connectivity index (χ3v) is 4.80. The van der Waals surface area contributed by atoms with E-state index < -0.39 is 6.95 Å². The first-order valence-electron chi connectivity index (χ1n) is 4.48. The van der Waals surface area contributed by atoms with Crippen molar-refractivity contribution in [1.82, 2.24) is 0 Å². The molecule has 0 N–H and O–H groups in total. The van der Waals surface area contributed by atoms with Crippen molar-refractivity contribution in [3.63, 3.8) is 0 Å². The summed E-state index contributed by atoms with van der Waals surface area (Å²) in [6, 6.07) is 0. The van der Waals surface area contributed by atoms with E-state index in [1.54, 1.807) is 0 Å². The van der Waals surface area contributed by atoms with Crippen LogP contribution in [0.2, 0.25) is 0 Å². The van der Waals surface area contributed by atoms with E-state index in [4.69, 9.17) is 20.3 Å². The lowest BCUT2D eigenvalue weighted by molar-refractivity contribution is -0.0683. The van der Waals surface area contributed by atoms with Crippen LogP contribution >= 0.6 is 18.2 Å². The highest BCUT2D eigenvalue weighted by Gasteiger charge is 2.47. The molecule has 3 nitrogen and oxygen atoms in total. The molecule has 0 aromatic rings. The number of halogens is 1. The summed E-state index contributed by atoms with van der Waals surface area (Å²) in [5.74, 6) is 0. The SMILES string of the molecule is CCC1(C)C(C)OP(=O)(Cl)OC1C. The first kappa shape index (κ1) is 11.5. The second kappa shape index (κ2) is 3.54. The van der Waals surface area contributed by atoms with Crippen LogP contribution in [0.15, 0.2) is 0 Å². The molecule has 0 bridgehead atoms. The van der Waals surface area contributed by atoms with Crippen LogP contribution in [0.25, 0.3) is 0 Å². The molecule has 2 atom stereocenters. The summed E-state index contributed by atoms with van der Waals surface area (Å²) in [4.78, 5) is 0. The molecule has 0 amide bonds. The zero-order chi connectivity index (χ0) is 10.3. The van der Waals surface area contributed by atoms with Gasteiger partial charge in [-0.05, 0) is 20.3 Å². The summed E-state index contributed by atoms with van der Waals surface area (Å²) in [6.45, 7) is 4.57. The zero-order valence-corrected chi connectivity index (χ0v) is 10.1. The van der Waals surface area contributed by atoms with E-state index in [1.165, 1.54) is 0 Å². The molecule has 0 saturated carbocycles. The van der Waals surface area contributed by atoms with Crippen molar-refractivity contribution >= 4 is 18.2 Å². The molecule has 0 aromatic carbocycles. The van der Waals surface area contributed by atoms with E-state index in [-0.39, 0.29) is 17.6 Å². The first-order chi connectivity index (χ1) is 5.82. The predicted octanol–water partition coefficient (Wildman–Crippen LogP) is 3.57. The molecule has 0 aliphatic carbocycles. The van der Waals surface area contributed by atoms with Crippen molar-refractivity contribution in [1.29, 1.82) is 0 Å². The Labute approximate surface area is 84.1 Å². The van der Waals surface area contributed by atoms with Crippen molar-refractivity contribution < 1.29 is 13.6 Å². The highest BCUT2D eigenvalue weighted by atomic mass is 35.7. The van der Waals surface area contributed by atoms with Gasteiger partial charge in [0.1, 0.15) is 0 Å². The molecule has 2 unspecified atom stereocenters. The number of rotatable bonds is 1. The Morgan fingerprint density at radius 2 is 1.77 bits per heavy atom. The van der Waals surface area contributed by atoms with Crippen molar-refractivity contribution in [2.75, 3.05) is 0 Å². The van der Waals surface area contributed by atoms with Gasteiger partial charge in [0, 0.05) is 16.7 Å². The summed E-state index contributed by atoms with van der Waals surface area (Å²) < 4.78 is 21.7. The third kappa shape index (κ3) is 2.10. The van der Waals surface area contributed by atoms with Crippen LogP contribution in [0, 0.1) is 5.41 Å². The normalized spacial score (nSPS) is 52.1. The molecule has 13 heavy (non-hydrogen) atoms. The second-order valence-corrected chi connectivity index (χ2v) is 6.31. The lowest BCUT2D eigenvalue weighted by Gasteiger charge is -2.44. The van der Waals surface area contributed by atoms with Crippen molar-refractivity contribution in [3.05, 3.63) is 0 Å². The van der Waals surface area contributed by atoms with Gasteiger partial charge in [-0.3, -0.25) is 9.05 Å². The molecule has 1 saturated heterocycles. The van der Waals surface area contributed by atoms with Gasteiger partial charge in [0.15, 0.2) is 0 Å². The van der Waals surface area contributed by atoms with Crippen LogP contribution in [0.1, 0.15) is 34.1 Å². The van der Waals surface area contributed by atoms with E-state index in [0.29, 0.717) is 0 Å². The molecular weight excluding hydrogens is 211 g/mol. The summed E-state index contributed by atoms with van der Waals surface area (Å²) in [6.07, 6.45) is 0.640. The third-order valence-electron chi connectivity index (χ3n) is 3.19. The van der Waals surface area contributed by atoms with Crippen LogP contribution in [0.4, 0.5) is 0 Å². The fraction of sp³-hybridized carbons (Fsp3) is 1.00. The highest BCUT2D eigenvalue weighted by molar-refractivity contribution is 7.81. The molecule has 0 aromatic heterocycles. The predicted molar refractivity (Wildman–Crippen MR) is 53.0 cm³/mol. The maximum absolute atomic E-state index is 11.4. The van der Waals surface area contributed by atoms with Crippen molar-refractivity contribution in [2.45, 2.75) is 46.3 Å². The quantitative estimate of drug-likeness (QED) is 0.641. The molecule has 1 aliphatic rings. The van der Waals surface area contributed by atoms with E-state index in [2.05, 4.69) is 13.8 Å². The summed E-state index contributed by atoms with van der Waals surface area (Å²) in [5, 5.41) is 0. The molecule has 1 heterocycles. The Bertz CT molecular complexity index is 228. The van der Waals surface area contributed by atoms with Crippen LogP contribution in [0.3, 0.4) is 0 Å². The van der Waals surface area contributed by atoms with Crippen LogP contribution < -0.4 is 0 Å². The van der Waals surface area contributed by atoms with Crippen LogP contribution in [-0.2, 0) is 13.6 Å². The smallest absolute Gasteiger partial charge is 0.293 e. The van der Waals surface area contributed by atoms with E-state index in [0.717, 1.165) is 6.42 Å². The zero-order valence-electron chi connectivity index (χ0n) is 8.41. The largest absolute Gasteiger partial charge is 0.424 e. The Hall–Kier alpha value is 0.440. The van der Waals surface area contributed by atoms with Gasteiger partial charge in [0.05, 0.1) is 12.2 Å². The molecule has 78 valence electrons. The molecule has 5 heteroatoms. The minimum absolute atomic E-state index is 0.108. The molecule has 0 radical (unpaired) electrons. The number of hydrogen-bond acceptors (Lipinski definition) is 3. The minimum Gasteiger partial charge on any atom is -0.293 e. The fourth-order valence-corrected chi connectivity index (χ4v) is 3.55. The van der Waals surface area contributed by atoms with Gasteiger partial charge in [0.25, 0.3) is 0 Å². The van der Waals surface area contributed by atoms with Gasteiger partial charge in [-0.25, -0.2) is 4.57 Å². The lowest BCUT2D eigenvalue weighted by Crippen LogP contribution is -2.44. The summed E-state index contributed by atoms with van der Waals surface area (Å²) >= 11 is 5.56.